The van der Waals surface area contributed by atoms with E-state index >= 15 is 0 Å². The maximum atomic E-state index is 13.6. The van der Waals surface area contributed by atoms with Crippen molar-refractivity contribution >= 4 is 39.2 Å². The van der Waals surface area contributed by atoms with Gasteiger partial charge < -0.3 is 4.74 Å². The van der Waals surface area contributed by atoms with Gasteiger partial charge in [-0.2, -0.15) is 13.5 Å². The summed E-state index contributed by atoms with van der Waals surface area (Å²) in [7, 11) is -4.35. The molecule has 4 rings (SSSR count). The third kappa shape index (κ3) is 5.20. The van der Waals surface area contributed by atoms with Crippen molar-refractivity contribution in [3.05, 3.63) is 101 Å². The first kappa shape index (κ1) is 25.6. The van der Waals surface area contributed by atoms with E-state index in [0.717, 1.165) is 5.56 Å². The molecule has 36 heavy (non-hydrogen) atoms. The van der Waals surface area contributed by atoms with Crippen LogP contribution in [0.5, 0.6) is 0 Å². The van der Waals surface area contributed by atoms with E-state index in [2.05, 4.69) is 5.10 Å². The molecule has 3 aromatic carbocycles. The highest BCUT2D eigenvalue weighted by Crippen LogP contribution is 2.37. The summed E-state index contributed by atoms with van der Waals surface area (Å²) >= 11 is 6.24. The fourth-order valence-electron chi connectivity index (χ4n) is 4.19. The van der Waals surface area contributed by atoms with Gasteiger partial charge >= 0.3 is 5.97 Å². The third-order valence-electron chi connectivity index (χ3n) is 5.94. The molecule has 0 unspecified atom stereocenters. The number of benzene rings is 3. The molecular weight excluding hydrogens is 500 g/mol. The second kappa shape index (κ2) is 10.6. The Kier molecular flexibility index (Phi) is 7.56. The predicted octanol–water partition coefficient (Wildman–Crippen LogP) is 4.94. The number of halogens is 1. The number of nitrogens with zero attached hydrogens (tertiary/aromatic N) is 2. The summed E-state index contributed by atoms with van der Waals surface area (Å²) in [5.41, 5.74) is 2.10. The largest absolute Gasteiger partial charge is 0.465 e. The molecule has 1 aliphatic rings. The molecule has 0 radical (unpaired) electrons. The molecular formula is C27H25ClN2O5S. The minimum atomic E-state index is -4.35. The van der Waals surface area contributed by atoms with Crippen molar-refractivity contribution in [1.29, 1.82) is 0 Å². The summed E-state index contributed by atoms with van der Waals surface area (Å²) < 4.78 is 33.1. The highest BCUT2D eigenvalue weighted by molar-refractivity contribution is 7.89. The molecule has 2 atom stereocenters. The maximum Gasteiger partial charge on any atom is 0.315 e. The molecule has 0 N–H and O–H groups in total. The van der Waals surface area contributed by atoms with E-state index in [1.807, 2.05) is 6.92 Å². The van der Waals surface area contributed by atoms with Gasteiger partial charge in [0.2, 0.25) is 0 Å². The van der Waals surface area contributed by atoms with E-state index < -0.39 is 33.7 Å². The Morgan fingerprint density at radius 1 is 1.06 bits per heavy atom. The van der Waals surface area contributed by atoms with Crippen molar-refractivity contribution in [3.63, 3.8) is 0 Å². The van der Waals surface area contributed by atoms with Crippen LogP contribution in [-0.2, 0) is 24.3 Å². The fourth-order valence-corrected chi connectivity index (χ4v) is 5.61. The van der Waals surface area contributed by atoms with Crippen LogP contribution in [0, 0.1) is 12.8 Å². The Hall–Kier alpha value is -3.49. The first-order valence-corrected chi connectivity index (χ1v) is 13.2. The lowest BCUT2D eigenvalue weighted by Gasteiger charge is -2.24. The number of ether oxygens (including phenoxy) is 1. The van der Waals surface area contributed by atoms with Crippen molar-refractivity contribution in [2.24, 2.45) is 11.0 Å². The molecule has 1 aliphatic heterocycles. The van der Waals surface area contributed by atoms with E-state index in [9.17, 15) is 18.0 Å². The zero-order chi connectivity index (χ0) is 25.9. The monoisotopic (exact) mass is 524 g/mol. The van der Waals surface area contributed by atoms with Gasteiger partial charge in [-0.3, -0.25) is 9.59 Å². The highest BCUT2D eigenvalue weighted by atomic mass is 35.5. The Labute approximate surface area is 215 Å². The lowest BCUT2D eigenvalue weighted by Crippen LogP contribution is -2.32. The van der Waals surface area contributed by atoms with E-state index in [-0.39, 0.29) is 23.6 Å². The van der Waals surface area contributed by atoms with Gasteiger partial charge in [-0.1, -0.05) is 71.8 Å². The molecule has 1 amide bonds. The smallest absolute Gasteiger partial charge is 0.315 e. The molecule has 7 nitrogen and oxygen atoms in total. The van der Waals surface area contributed by atoms with Crippen LogP contribution >= 0.6 is 11.6 Å². The zero-order valence-electron chi connectivity index (χ0n) is 19.8. The van der Waals surface area contributed by atoms with Crippen LogP contribution < -0.4 is 0 Å². The molecule has 9 heteroatoms. The van der Waals surface area contributed by atoms with Crippen molar-refractivity contribution in [2.45, 2.75) is 31.1 Å². The van der Waals surface area contributed by atoms with E-state index in [0.29, 0.717) is 20.6 Å². The maximum absolute atomic E-state index is 13.6. The number of amides is 1. The minimum Gasteiger partial charge on any atom is -0.465 e. The van der Waals surface area contributed by atoms with Crippen molar-refractivity contribution < 1.29 is 22.7 Å². The first-order chi connectivity index (χ1) is 17.2. The van der Waals surface area contributed by atoms with Gasteiger partial charge in [0, 0.05) is 17.4 Å². The lowest BCUT2D eigenvalue weighted by atomic mass is 9.79. The normalized spacial score (nSPS) is 18.4. The zero-order valence-corrected chi connectivity index (χ0v) is 21.4. The molecule has 3 aromatic rings. The summed E-state index contributed by atoms with van der Waals surface area (Å²) in [6, 6.07) is 21.7. The van der Waals surface area contributed by atoms with Crippen LogP contribution in [-0.4, -0.2) is 37.0 Å². The van der Waals surface area contributed by atoms with Gasteiger partial charge in [0.1, 0.15) is 5.92 Å². The quantitative estimate of drug-likeness (QED) is 0.426. The predicted molar refractivity (Wildman–Crippen MR) is 137 cm³/mol. The van der Waals surface area contributed by atoms with Crippen LogP contribution in [0.2, 0.25) is 5.02 Å². The molecule has 0 saturated heterocycles. The second-order valence-electron chi connectivity index (χ2n) is 8.40. The molecule has 0 aromatic heterocycles. The molecule has 0 spiro atoms. The summed E-state index contributed by atoms with van der Waals surface area (Å²) in [6.07, 6.45) is -0.297. The van der Waals surface area contributed by atoms with Crippen LogP contribution in [0.4, 0.5) is 0 Å². The first-order valence-electron chi connectivity index (χ1n) is 11.4. The summed E-state index contributed by atoms with van der Waals surface area (Å²) in [6.45, 7) is 3.62. The molecule has 0 aliphatic carbocycles. The SMILES string of the molecule is CCOC(=O)[C@H]1C(c2ccccc2)=NN(S(=O)(=O)c2ccc(C)cc2)C(=O)C[C@@H]1c1cccc(Cl)c1. The topological polar surface area (TPSA) is 93.1 Å². The number of hydrazone groups is 1. The van der Waals surface area contributed by atoms with Crippen molar-refractivity contribution in [1.82, 2.24) is 4.41 Å². The van der Waals surface area contributed by atoms with Crippen LogP contribution in [0.15, 0.2) is 88.9 Å². The summed E-state index contributed by atoms with van der Waals surface area (Å²) in [5, 5.41) is 4.78. The van der Waals surface area contributed by atoms with Crippen LogP contribution in [0.3, 0.4) is 0 Å². The molecule has 0 saturated carbocycles. The van der Waals surface area contributed by atoms with Crippen LogP contribution in [0.25, 0.3) is 0 Å². The van der Waals surface area contributed by atoms with Gasteiger partial charge in [0.15, 0.2) is 0 Å². The standard InChI is InChI=1S/C27H25ClN2O5S/c1-3-35-27(32)25-23(20-10-7-11-21(28)16-20)17-24(31)30(29-26(25)19-8-5-4-6-9-19)36(33,34)22-14-12-18(2)13-15-22/h4-16,23,25H,3,17H2,1-2H3/t23-,25-/m1/s1. The van der Waals surface area contributed by atoms with Gasteiger partial charge in [-0.05, 0) is 49.2 Å². The average molecular weight is 525 g/mol. The Morgan fingerprint density at radius 3 is 2.39 bits per heavy atom. The van der Waals surface area contributed by atoms with Gasteiger partial charge in [-0.25, -0.2) is 0 Å². The van der Waals surface area contributed by atoms with E-state index in [1.165, 1.54) is 12.1 Å². The third-order valence-corrected chi connectivity index (χ3v) is 7.78. The minimum absolute atomic E-state index is 0.0773. The summed E-state index contributed by atoms with van der Waals surface area (Å²) in [4.78, 5) is 26.8. The van der Waals surface area contributed by atoms with Crippen molar-refractivity contribution in [2.75, 3.05) is 6.61 Å². The van der Waals surface area contributed by atoms with Gasteiger partial charge in [0.25, 0.3) is 15.9 Å². The Bertz CT molecular complexity index is 1410. The number of esters is 1. The number of carbonyl (C=O) groups is 2. The van der Waals surface area contributed by atoms with Gasteiger partial charge in [0.05, 0.1) is 17.2 Å². The molecule has 186 valence electrons. The second-order valence-corrected chi connectivity index (χ2v) is 10.6. The summed E-state index contributed by atoms with van der Waals surface area (Å²) in [5.74, 6) is -3.17. The fraction of sp³-hybridized carbons (Fsp3) is 0.222. The van der Waals surface area contributed by atoms with Crippen LogP contribution in [0.1, 0.15) is 36.0 Å². The number of sulfonamides is 1. The molecule has 0 fully saturated rings. The number of hydrogen-bond acceptors (Lipinski definition) is 6. The van der Waals surface area contributed by atoms with E-state index in [1.54, 1.807) is 73.7 Å². The van der Waals surface area contributed by atoms with E-state index in [4.69, 9.17) is 16.3 Å². The lowest BCUT2D eigenvalue weighted by molar-refractivity contribution is -0.146. The Morgan fingerprint density at radius 2 is 1.75 bits per heavy atom. The Balaban J connectivity index is 1.95. The number of aryl methyl sites for hydroxylation is 1. The van der Waals surface area contributed by atoms with Gasteiger partial charge in [-0.15, -0.1) is 4.41 Å². The number of rotatable bonds is 6. The highest BCUT2D eigenvalue weighted by Gasteiger charge is 2.44. The average Bonchev–Trinajstić information content (AvgIpc) is 3.02. The molecule has 0 bridgehead atoms. The number of carbonyl (C=O) groups excluding carboxylic acids is 2. The number of hydrogen-bond donors (Lipinski definition) is 0. The molecule has 1 heterocycles. The van der Waals surface area contributed by atoms with Crippen molar-refractivity contribution in [3.8, 4) is 0 Å².